The zero-order valence-electron chi connectivity index (χ0n) is 18.4. The van der Waals surface area contributed by atoms with E-state index in [1.807, 2.05) is 24.3 Å². The zero-order valence-corrected chi connectivity index (χ0v) is 19.4. The molecule has 0 radical (unpaired) electrons. The van der Waals surface area contributed by atoms with Crippen molar-refractivity contribution in [3.8, 4) is 17.4 Å². The fourth-order valence-electron chi connectivity index (χ4n) is 3.09. The van der Waals surface area contributed by atoms with Crippen LogP contribution < -0.4 is 14.8 Å². The van der Waals surface area contributed by atoms with E-state index in [2.05, 4.69) is 29.9 Å². The van der Waals surface area contributed by atoms with Crippen molar-refractivity contribution in [2.24, 2.45) is 0 Å². The third-order valence-electron chi connectivity index (χ3n) is 4.86. The molecule has 3 rings (SSSR count). The molecule has 1 atom stereocenters. The van der Waals surface area contributed by atoms with Crippen molar-refractivity contribution < 1.29 is 19.3 Å². The molecule has 0 spiro atoms. The summed E-state index contributed by atoms with van der Waals surface area (Å²) in [7, 11) is -1.11. The highest BCUT2D eigenvalue weighted by Gasteiger charge is 2.22. The molecule has 8 heteroatoms. The highest BCUT2D eigenvalue weighted by molar-refractivity contribution is 6.76. The number of ether oxygens (including phenoxy) is 3. The number of nitrogens with zero attached hydrogens (tertiary/aromatic N) is 1. The number of aliphatic hydroxyl groups is 1. The number of rotatable bonds is 11. The number of aromatic nitrogens is 1. The predicted octanol–water partition coefficient (Wildman–Crippen LogP) is 4.06. The SMILES string of the molecule is C[Si](C)(C)CCOCN/C(=C\C=N)c1ccc(Oc2ccc3c(c2)O[C@@H](CO)C3)nc1. The van der Waals surface area contributed by atoms with Crippen LogP contribution >= 0.6 is 0 Å². The summed E-state index contributed by atoms with van der Waals surface area (Å²) in [6.07, 6.45) is 5.13. The molecule has 31 heavy (non-hydrogen) atoms. The Balaban J connectivity index is 1.57. The third kappa shape index (κ3) is 6.92. The van der Waals surface area contributed by atoms with Gasteiger partial charge < -0.3 is 30.0 Å². The fourth-order valence-corrected chi connectivity index (χ4v) is 3.84. The molecule has 7 nitrogen and oxygen atoms in total. The lowest BCUT2D eigenvalue weighted by atomic mass is 10.1. The maximum Gasteiger partial charge on any atom is 0.219 e. The van der Waals surface area contributed by atoms with Gasteiger partial charge >= 0.3 is 0 Å². The van der Waals surface area contributed by atoms with Crippen molar-refractivity contribution in [2.45, 2.75) is 38.2 Å². The molecule has 0 amide bonds. The van der Waals surface area contributed by atoms with E-state index in [0.29, 0.717) is 24.8 Å². The Hall–Kier alpha value is -2.68. The molecule has 1 aromatic heterocycles. The average molecular weight is 442 g/mol. The minimum absolute atomic E-state index is 0.00309. The first-order valence-corrected chi connectivity index (χ1v) is 14.2. The summed E-state index contributed by atoms with van der Waals surface area (Å²) in [5.41, 5.74) is 2.67. The van der Waals surface area contributed by atoms with Gasteiger partial charge in [0.15, 0.2) is 0 Å². The van der Waals surface area contributed by atoms with Gasteiger partial charge in [0.05, 0.1) is 6.61 Å². The normalized spacial score (nSPS) is 15.9. The molecule has 1 aliphatic heterocycles. The van der Waals surface area contributed by atoms with Crippen LogP contribution in [-0.4, -0.2) is 50.4 Å². The van der Waals surface area contributed by atoms with E-state index in [1.165, 1.54) is 6.21 Å². The second kappa shape index (κ2) is 10.6. The number of pyridine rings is 1. The lowest BCUT2D eigenvalue weighted by Gasteiger charge is -2.16. The van der Waals surface area contributed by atoms with Crippen molar-refractivity contribution in [1.29, 1.82) is 5.41 Å². The standard InChI is InChI=1S/C23H31N3O4Si/c1-31(2,3)11-10-28-16-26-21(8-9-24)18-5-7-23(25-14-18)30-19-6-4-17-12-20(15-27)29-22(17)13-19/h4-9,13-14,20,24,26-27H,10-12,15-16H2,1-3H3/b21-8-,24-9?/t20-/m1/s1. The van der Waals surface area contributed by atoms with Gasteiger partial charge in [-0.15, -0.1) is 0 Å². The Labute approximate surface area is 184 Å². The van der Waals surface area contributed by atoms with Crippen LogP contribution in [0.15, 0.2) is 42.6 Å². The Morgan fingerprint density at radius 1 is 1.32 bits per heavy atom. The monoisotopic (exact) mass is 441 g/mol. The molecule has 0 saturated carbocycles. The first-order valence-electron chi connectivity index (χ1n) is 10.4. The summed E-state index contributed by atoms with van der Waals surface area (Å²) >= 11 is 0. The van der Waals surface area contributed by atoms with Crippen LogP contribution in [0.3, 0.4) is 0 Å². The third-order valence-corrected chi connectivity index (χ3v) is 6.57. The summed E-state index contributed by atoms with van der Waals surface area (Å²) in [6.45, 7) is 8.07. The number of aliphatic hydroxyl groups excluding tert-OH is 1. The van der Waals surface area contributed by atoms with Gasteiger partial charge in [0.2, 0.25) is 5.88 Å². The summed E-state index contributed by atoms with van der Waals surface area (Å²) in [5.74, 6) is 1.82. The Kier molecular flexibility index (Phi) is 7.84. The van der Waals surface area contributed by atoms with E-state index >= 15 is 0 Å². The van der Waals surface area contributed by atoms with E-state index in [4.69, 9.17) is 19.6 Å². The van der Waals surface area contributed by atoms with Crippen LogP contribution in [0.2, 0.25) is 25.7 Å². The van der Waals surface area contributed by atoms with Gasteiger partial charge in [-0.2, -0.15) is 0 Å². The number of nitrogens with one attached hydrogen (secondary N) is 2. The molecule has 0 saturated heterocycles. The molecule has 0 aliphatic carbocycles. The van der Waals surface area contributed by atoms with Crippen LogP contribution in [0.5, 0.6) is 17.4 Å². The van der Waals surface area contributed by atoms with Gasteiger partial charge in [-0.05, 0) is 29.8 Å². The van der Waals surface area contributed by atoms with Crippen molar-refractivity contribution in [2.75, 3.05) is 19.9 Å². The van der Waals surface area contributed by atoms with Crippen molar-refractivity contribution in [3.63, 3.8) is 0 Å². The van der Waals surface area contributed by atoms with Gasteiger partial charge in [-0.25, -0.2) is 4.98 Å². The number of fused-ring (bicyclic) bond motifs is 1. The number of hydrogen-bond donors (Lipinski definition) is 3. The average Bonchev–Trinajstić information content (AvgIpc) is 3.15. The number of allylic oxidation sites excluding steroid dienone is 1. The largest absolute Gasteiger partial charge is 0.487 e. The molecule has 3 N–H and O–H groups in total. The molecule has 2 heterocycles. The molecular formula is C23H31N3O4Si. The molecule has 2 aromatic rings. The van der Waals surface area contributed by atoms with Crippen molar-refractivity contribution >= 4 is 20.0 Å². The molecule has 1 aliphatic rings. The van der Waals surface area contributed by atoms with E-state index in [0.717, 1.165) is 35.2 Å². The molecule has 0 unspecified atom stereocenters. The highest BCUT2D eigenvalue weighted by Crippen LogP contribution is 2.33. The van der Waals surface area contributed by atoms with Gasteiger partial charge in [-0.3, -0.25) is 0 Å². The lowest BCUT2D eigenvalue weighted by molar-refractivity contribution is 0.134. The van der Waals surface area contributed by atoms with Gasteiger partial charge in [0.25, 0.3) is 0 Å². The highest BCUT2D eigenvalue weighted by atomic mass is 28.3. The predicted molar refractivity (Wildman–Crippen MR) is 125 cm³/mol. The van der Waals surface area contributed by atoms with Crippen LogP contribution in [0, 0.1) is 5.41 Å². The quantitative estimate of drug-likeness (QED) is 0.211. The van der Waals surface area contributed by atoms with Crippen LogP contribution in [0.1, 0.15) is 11.1 Å². The summed E-state index contributed by atoms with van der Waals surface area (Å²) < 4.78 is 17.2. The van der Waals surface area contributed by atoms with E-state index < -0.39 is 8.07 Å². The second-order valence-corrected chi connectivity index (χ2v) is 14.3. The van der Waals surface area contributed by atoms with Crippen molar-refractivity contribution in [1.82, 2.24) is 10.3 Å². The van der Waals surface area contributed by atoms with Crippen LogP contribution in [-0.2, 0) is 11.2 Å². The first kappa shape index (κ1) is 23.0. The smallest absolute Gasteiger partial charge is 0.219 e. The maximum atomic E-state index is 9.27. The summed E-state index contributed by atoms with van der Waals surface area (Å²) in [4.78, 5) is 4.38. The topological polar surface area (TPSA) is 96.7 Å². The Morgan fingerprint density at radius 2 is 2.16 bits per heavy atom. The second-order valence-electron chi connectivity index (χ2n) is 8.67. The fraction of sp³-hybridized carbons (Fsp3) is 0.391. The Bertz CT molecular complexity index is 910. The first-order chi connectivity index (χ1) is 14.9. The van der Waals surface area contributed by atoms with E-state index in [9.17, 15) is 5.11 Å². The van der Waals surface area contributed by atoms with Gasteiger partial charge in [-0.1, -0.05) is 25.7 Å². The summed E-state index contributed by atoms with van der Waals surface area (Å²) in [6, 6.07) is 10.4. The molecule has 0 fully saturated rings. The van der Waals surface area contributed by atoms with Crippen molar-refractivity contribution in [3.05, 3.63) is 53.7 Å². The Morgan fingerprint density at radius 3 is 2.84 bits per heavy atom. The minimum atomic E-state index is -1.11. The summed E-state index contributed by atoms with van der Waals surface area (Å²) in [5, 5.41) is 19.9. The molecular weight excluding hydrogens is 410 g/mol. The zero-order chi connectivity index (χ0) is 22.3. The van der Waals surface area contributed by atoms with Crippen LogP contribution in [0.4, 0.5) is 0 Å². The molecule has 1 aromatic carbocycles. The minimum Gasteiger partial charge on any atom is -0.487 e. The van der Waals surface area contributed by atoms with Gasteiger partial charge in [0, 0.05) is 56.9 Å². The number of benzene rings is 1. The maximum absolute atomic E-state index is 9.27. The lowest BCUT2D eigenvalue weighted by Crippen LogP contribution is -2.24. The molecule has 166 valence electrons. The molecule has 0 bridgehead atoms. The van der Waals surface area contributed by atoms with E-state index in [-0.39, 0.29) is 12.7 Å². The van der Waals surface area contributed by atoms with Gasteiger partial charge in [0.1, 0.15) is 24.3 Å². The van der Waals surface area contributed by atoms with E-state index in [1.54, 1.807) is 18.3 Å². The number of hydrogen-bond acceptors (Lipinski definition) is 7. The van der Waals surface area contributed by atoms with Crippen LogP contribution in [0.25, 0.3) is 5.70 Å².